The highest BCUT2D eigenvalue weighted by Crippen LogP contribution is 2.23. The zero-order valence-electron chi connectivity index (χ0n) is 13.2. The summed E-state index contributed by atoms with van der Waals surface area (Å²) >= 11 is 11.9. The minimum absolute atomic E-state index is 0.138. The Morgan fingerprint density at radius 2 is 1.74 bits per heavy atom. The van der Waals surface area contributed by atoms with Gasteiger partial charge in [-0.2, -0.15) is 0 Å². The average molecular weight is 354 g/mol. The van der Waals surface area contributed by atoms with Gasteiger partial charge in [-0.3, -0.25) is 0 Å². The molecule has 0 radical (unpaired) electrons. The summed E-state index contributed by atoms with van der Waals surface area (Å²) in [5, 5.41) is 14.5. The topological polar surface area (TPSA) is 41.5 Å². The van der Waals surface area contributed by atoms with Gasteiger partial charge in [0.05, 0.1) is 22.3 Å². The predicted octanol–water partition coefficient (Wildman–Crippen LogP) is 4.60. The first-order chi connectivity index (χ1) is 11.0. The SMILES string of the molecule is CC(C)Oc1ccc([C@H](O)CNCc2ccc(Cl)c(Cl)c2)cc1. The lowest BCUT2D eigenvalue weighted by Gasteiger charge is -2.14. The van der Waals surface area contributed by atoms with Gasteiger partial charge in [-0.1, -0.05) is 41.4 Å². The fraction of sp³-hybridized carbons (Fsp3) is 0.333. The molecule has 2 aromatic rings. The molecule has 5 heteroatoms. The highest BCUT2D eigenvalue weighted by atomic mass is 35.5. The molecule has 2 aromatic carbocycles. The normalized spacial score (nSPS) is 12.4. The van der Waals surface area contributed by atoms with Crippen LogP contribution in [0.4, 0.5) is 0 Å². The van der Waals surface area contributed by atoms with Crippen molar-refractivity contribution < 1.29 is 9.84 Å². The number of hydrogen-bond donors (Lipinski definition) is 2. The lowest BCUT2D eigenvalue weighted by atomic mass is 10.1. The lowest BCUT2D eigenvalue weighted by molar-refractivity contribution is 0.174. The van der Waals surface area contributed by atoms with Crippen LogP contribution >= 0.6 is 23.2 Å². The molecule has 124 valence electrons. The first-order valence-corrected chi connectivity index (χ1v) is 8.30. The van der Waals surface area contributed by atoms with Crippen molar-refractivity contribution in [2.24, 2.45) is 0 Å². The molecule has 0 heterocycles. The number of rotatable bonds is 7. The molecule has 2 N–H and O–H groups in total. The van der Waals surface area contributed by atoms with Crippen LogP contribution in [0, 0.1) is 0 Å². The van der Waals surface area contributed by atoms with Gasteiger partial charge >= 0.3 is 0 Å². The first-order valence-electron chi connectivity index (χ1n) is 7.55. The molecule has 0 amide bonds. The molecule has 0 bridgehead atoms. The molecule has 0 saturated carbocycles. The number of aliphatic hydroxyl groups is 1. The zero-order chi connectivity index (χ0) is 16.8. The highest BCUT2D eigenvalue weighted by molar-refractivity contribution is 6.42. The van der Waals surface area contributed by atoms with Crippen LogP contribution in [0.3, 0.4) is 0 Å². The third-order valence-electron chi connectivity index (χ3n) is 3.29. The van der Waals surface area contributed by atoms with Gasteiger partial charge in [-0.25, -0.2) is 0 Å². The molecule has 3 nitrogen and oxygen atoms in total. The number of halogens is 2. The van der Waals surface area contributed by atoms with Crippen LogP contribution < -0.4 is 10.1 Å². The molecule has 1 atom stereocenters. The zero-order valence-corrected chi connectivity index (χ0v) is 14.7. The van der Waals surface area contributed by atoms with Crippen molar-refractivity contribution in [3.8, 4) is 5.75 Å². The van der Waals surface area contributed by atoms with Gasteiger partial charge in [0.25, 0.3) is 0 Å². The lowest BCUT2D eigenvalue weighted by Crippen LogP contribution is -2.21. The predicted molar refractivity (Wildman–Crippen MR) is 95.3 cm³/mol. The van der Waals surface area contributed by atoms with Crippen molar-refractivity contribution in [1.82, 2.24) is 5.32 Å². The van der Waals surface area contributed by atoms with Crippen LogP contribution in [-0.2, 0) is 6.54 Å². The standard InChI is InChI=1S/C18H21Cl2NO2/c1-12(2)23-15-6-4-14(5-7-15)18(22)11-21-10-13-3-8-16(19)17(20)9-13/h3-9,12,18,21-22H,10-11H2,1-2H3/t18-/m1/s1. The summed E-state index contributed by atoms with van der Waals surface area (Å²) in [7, 11) is 0. The molecular formula is C18H21Cl2NO2. The van der Waals surface area contributed by atoms with E-state index in [1.165, 1.54) is 0 Å². The number of nitrogens with one attached hydrogen (secondary N) is 1. The van der Waals surface area contributed by atoms with Crippen LogP contribution in [0.2, 0.25) is 10.0 Å². The van der Waals surface area contributed by atoms with E-state index in [9.17, 15) is 5.11 Å². The number of aliphatic hydroxyl groups excluding tert-OH is 1. The molecule has 0 fully saturated rings. The Labute approximate surface area is 147 Å². The molecule has 0 saturated heterocycles. The molecule has 0 aliphatic carbocycles. The van der Waals surface area contributed by atoms with Gasteiger partial charge in [0, 0.05) is 13.1 Å². The number of benzene rings is 2. The summed E-state index contributed by atoms with van der Waals surface area (Å²) < 4.78 is 5.59. The summed E-state index contributed by atoms with van der Waals surface area (Å²) in [5.41, 5.74) is 1.87. The molecule has 23 heavy (non-hydrogen) atoms. The maximum absolute atomic E-state index is 10.2. The molecule has 0 aromatic heterocycles. The van der Waals surface area contributed by atoms with E-state index in [0.717, 1.165) is 16.9 Å². The molecule has 0 aliphatic heterocycles. The summed E-state index contributed by atoms with van der Waals surface area (Å²) in [4.78, 5) is 0. The summed E-state index contributed by atoms with van der Waals surface area (Å²) in [6, 6.07) is 13.0. The van der Waals surface area contributed by atoms with Crippen molar-refractivity contribution in [2.45, 2.75) is 32.6 Å². The second kappa shape index (κ2) is 8.55. The Hall–Kier alpha value is -1.26. The van der Waals surface area contributed by atoms with E-state index in [1.54, 1.807) is 6.07 Å². The highest BCUT2D eigenvalue weighted by Gasteiger charge is 2.08. The van der Waals surface area contributed by atoms with Gasteiger partial charge in [-0.15, -0.1) is 0 Å². The molecular weight excluding hydrogens is 333 g/mol. The van der Waals surface area contributed by atoms with Gasteiger partial charge in [0.15, 0.2) is 0 Å². The van der Waals surface area contributed by atoms with Crippen LogP contribution in [0.15, 0.2) is 42.5 Å². The van der Waals surface area contributed by atoms with E-state index in [2.05, 4.69) is 5.32 Å². The minimum atomic E-state index is -0.578. The summed E-state index contributed by atoms with van der Waals surface area (Å²) in [5.74, 6) is 0.805. The Morgan fingerprint density at radius 1 is 1.04 bits per heavy atom. The number of ether oxygens (including phenoxy) is 1. The maximum atomic E-state index is 10.2. The fourth-order valence-electron chi connectivity index (χ4n) is 2.16. The van der Waals surface area contributed by atoms with Crippen molar-refractivity contribution in [1.29, 1.82) is 0 Å². The van der Waals surface area contributed by atoms with E-state index >= 15 is 0 Å². The van der Waals surface area contributed by atoms with Crippen LogP contribution in [0.1, 0.15) is 31.1 Å². The molecule has 0 spiro atoms. The van der Waals surface area contributed by atoms with Crippen molar-refractivity contribution >= 4 is 23.2 Å². The van der Waals surface area contributed by atoms with E-state index in [4.69, 9.17) is 27.9 Å². The van der Waals surface area contributed by atoms with E-state index in [1.807, 2.05) is 50.2 Å². The van der Waals surface area contributed by atoms with Crippen molar-refractivity contribution in [2.75, 3.05) is 6.54 Å². The summed E-state index contributed by atoms with van der Waals surface area (Å²) in [6.07, 6.45) is -0.440. The second-order valence-electron chi connectivity index (χ2n) is 5.63. The van der Waals surface area contributed by atoms with E-state index in [0.29, 0.717) is 23.1 Å². The average Bonchev–Trinajstić information content (AvgIpc) is 2.51. The Bertz CT molecular complexity index is 629. The molecule has 2 rings (SSSR count). The smallest absolute Gasteiger partial charge is 0.119 e. The summed E-state index contributed by atoms with van der Waals surface area (Å²) in [6.45, 7) is 5.03. The maximum Gasteiger partial charge on any atom is 0.119 e. The minimum Gasteiger partial charge on any atom is -0.491 e. The van der Waals surface area contributed by atoms with Crippen molar-refractivity contribution in [3.05, 3.63) is 63.6 Å². The van der Waals surface area contributed by atoms with Crippen LogP contribution in [-0.4, -0.2) is 17.8 Å². The van der Waals surface area contributed by atoms with Gasteiger partial charge in [0.1, 0.15) is 5.75 Å². The van der Waals surface area contributed by atoms with Gasteiger partial charge in [-0.05, 0) is 49.2 Å². The Balaban J connectivity index is 1.84. The van der Waals surface area contributed by atoms with Gasteiger partial charge in [0.2, 0.25) is 0 Å². The second-order valence-corrected chi connectivity index (χ2v) is 6.45. The number of hydrogen-bond acceptors (Lipinski definition) is 3. The third kappa shape index (κ3) is 5.70. The quantitative estimate of drug-likeness (QED) is 0.763. The molecule has 0 aliphatic rings. The monoisotopic (exact) mass is 353 g/mol. The van der Waals surface area contributed by atoms with Crippen LogP contribution in [0.25, 0.3) is 0 Å². The first kappa shape index (κ1) is 18.1. The Morgan fingerprint density at radius 3 is 2.35 bits per heavy atom. The largest absolute Gasteiger partial charge is 0.491 e. The molecule has 0 unspecified atom stereocenters. The van der Waals surface area contributed by atoms with Gasteiger partial charge < -0.3 is 15.2 Å². The van der Waals surface area contributed by atoms with E-state index in [-0.39, 0.29) is 6.10 Å². The third-order valence-corrected chi connectivity index (χ3v) is 4.03. The van der Waals surface area contributed by atoms with E-state index < -0.39 is 6.10 Å². The fourth-order valence-corrected chi connectivity index (χ4v) is 2.48. The Kier molecular flexibility index (Phi) is 6.72. The van der Waals surface area contributed by atoms with Crippen molar-refractivity contribution in [3.63, 3.8) is 0 Å². The van der Waals surface area contributed by atoms with Crippen LogP contribution in [0.5, 0.6) is 5.75 Å².